The molecule has 15 heavy (non-hydrogen) atoms. The van der Waals surface area contributed by atoms with Crippen molar-refractivity contribution >= 4 is 18.1 Å². The number of rotatable bonds is 4. The molecule has 1 fully saturated rings. The van der Waals surface area contributed by atoms with Gasteiger partial charge in [-0.2, -0.15) is 0 Å². The predicted octanol–water partition coefficient (Wildman–Crippen LogP) is 4.05. The fraction of sp³-hybridized carbons (Fsp3) is 0.538. The fourth-order valence-corrected chi connectivity index (χ4v) is 1.59. The average molecular weight is 226 g/mol. The maximum absolute atomic E-state index is 3.50. The molecule has 1 aromatic carbocycles. The van der Waals surface area contributed by atoms with Gasteiger partial charge < -0.3 is 5.32 Å². The third-order valence-electron chi connectivity index (χ3n) is 2.85. The first kappa shape index (κ1) is 12.4. The van der Waals surface area contributed by atoms with Gasteiger partial charge in [0.05, 0.1) is 0 Å². The van der Waals surface area contributed by atoms with Gasteiger partial charge in [0, 0.05) is 12.2 Å². The second-order valence-corrected chi connectivity index (χ2v) is 4.60. The molecule has 1 nitrogen and oxygen atoms in total. The molecular weight excluding hydrogens is 206 g/mol. The van der Waals surface area contributed by atoms with Gasteiger partial charge in [-0.15, -0.1) is 12.4 Å². The van der Waals surface area contributed by atoms with Gasteiger partial charge in [0.1, 0.15) is 0 Å². The predicted molar refractivity (Wildman–Crippen MR) is 69.0 cm³/mol. The summed E-state index contributed by atoms with van der Waals surface area (Å²) in [6, 6.07) is 8.78. The lowest BCUT2D eigenvalue weighted by atomic mass is 10.0. The summed E-state index contributed by atoms with van der Waals surface area (Å²) < 4.78 is 0. The molecule has 0 aromatic heterocycles. The van der Waals surface area contributed by atoms with Crippen LogP contribution in [0.2, 0.25) is 0 Å². The van der Waals surface area contributed by atoms with Crippen molar-refractivity contribution in [3.05, 3.63) is 29.8 Å². The van der Waals surface area contributed by atoms with Crippen molar-refractivity contribution in [2.75, 3.05) is 11.9 Å². The first-order valence-electron chi connectivity index (χ1n) is 5.59. The Morgan fingerprint density at radius 2 is 2.07 bits per heavy atom. The molecule has 0 spiro atoms. The quantitative estimate of drug-likeness (QED) is 0.815. The minimum absolute atomic E-state index is 0. The van der Waals surface area contributed by atoms with Crippen molar-refractivity contribution in [2.45, 2.75) is 32.6 Å². The molecule has 0 aliphatic heterocycles. The molecule has 2 rings (SSSR count). The Labute approximate surface area is 98.7 Å². The lowest BCUT2D eigenvalue weighted by molar-refractivity contribution is 0.862. The van der Waals surface area contributed by atoms with Crippen molar-refractivity contribution in [1.82, 2.24) is 0 Å². The normalized spacial score (nSPS) is 14.9. The highest BCUT2D eigenvalue weighted by Crippen LogP contribution is 2.29. The largest absolute Gasteiger partial charge is 0.385 e. The standard InChI is InChI=1S/C13H19N.ClH/c1-10(2)12-4-3-5-13(8-12)14-9-11-6-7-11;/h3-5,8,10-11,14H,6-7,9H2,1-2H3;1H. The topological polar surface area (TPSA) is 12.0 Å². The van der Waals surface area contributed by atoms with Gasteiger partial charge in [-0.1, -0.05) is 26.0 Å². The Bertz CT molecular complexity index is 305. The van der Waals surface area contributed by atoms with Crippen LogP contribution in [-0.2, 0) is 0 Å². The third kappa shape index (κ3) is 3.75. The summed E-state index contributed by atoms with van der Waals surface area (Å²) in [5.41, 5.74) is 2.70. The molecule has 1 aliphatic rings. The molecular formula is C13H20ClN. The van der Waals surface area contributed by atoms with Crippen LogP contribution in [0.5, 0.6) is 0 Å². The molecule has 0 unspecified atom stereocenters. The molecule has 0 bridgehead atoms. The first-order chi connectivity index (χ1) is 6.75. The van der Waals surface area contributed by atoms with Crippen LogP contribution in [0.1, 0.15) is 38.2 Å². The zero-order valence-electron chi connectivity index (χ0n) is 9.49. The number of benzene rings is 1. The number of hydrogen-bond donors (Lipinski definition) is 1. The number of anilines is 1. The Hall–Kier alpha value is -0.690. The maximum atomic E-state index is 3.50. The molecule has 0 amide bonds. The van der Waals surface area contributed by atoms with E-state index in [4.69, 9.17) is 0 Å². The Morgan fingerprint density at radius 1 is 1.33 bits per heavy atom. The molecule has 1 aromatic rings. The molecule has 0 atom stereocenters. The van der Waals surface area contributed by atoms with E-state index in [1.165, 1.54) is 24.1 Å². The number of halogens is 1. The van der Waals surface area contributed by atoms with Gasteiger partial charge in [0.15, 0.2) is 0 Å². The van der Waals surface area contributed by atoms with Crippen molar-refractivity contribution in [2.24, 2.45) is 5.92 Å². The van der Waals surface area contributed by atoms with E-state index in [1.807, 2.05) is 0 Å². The van der Waals surface area contributed by atoms with Crippen LogP contribution < -0.4 is 5.32 Å². The van der Waals surface area contributed by atoms with Gasteiger partial charge >= 0.3 is 0 Å². The van der Waals surface area contributed by atoms with Gasteiger partial charge in [-0.3, -0.25) is 0 Å². The minimum atomic E-state index is 0. The molecule has 2 heteroatoms. The smallest absolute Gasteiger partial charge is 0.0343 e. The van der Waals surface area contributed by atoms with Gasteiger partial charge in [0.2, 0.25) is 0 Å². The average Bonchev–Trinajstić information content (AvgIpc) is 2.99. The minimum Gasteiger partial charge on any atom is -0.385 e. The van der Waals surface area contributed by atoms with Gasteiger partial charge in [-0.25, -0.2) is 0 Å². The van der Waals surface area contributed by atoms with E-state index in [1.54, 1.807) is 0 Å². The lowest BCUT2D eigenvalue weighted by Crippen LogP contribution is -2.03. The maximum Gasteiger partial charge on any atom is 0.0343 e. The molecule has 0 saturated heterocycles. The molecule has 1 aliphatic carbocycles. The van der Waals surface area contributed by atoms with Crippen LogP contribution >= 0.6 is 12.4 Å². The summed E-state index contributed by atoms with van der Waals surface area (Å²) in [4.78, 5) is 0. The van der Waals surface area contributed by atoms with E-state index < -0.39 is 0 Å². The Morgan fingerprint density at radius 3 is 2.67 bits per heavy atom. The second-order valence-electron chi connectivity index (χ2n) is 4.60. The van der Waals surface area contributed by atoms with Crippen LogP contribution in [0.25, 0.3) is 0 Å². The number of hydrogen-bond acceptors (Lipinski definition) is 1. The Kier molecular flexibility index (Phi) is 4.46. The van der Waals surface area contributed by atoms with E-state index in [2.05, 4.69) is 43.4 Å². The SMILES string of the molecule is CC(C)c1cccc(NCC2CC2)c1.Cl. The second kappa shape index (κ2) is 5.41. The van der Waals surface area contributed by atoms with Crippen LogP contribution in [-0.4, -0.2) is 6.54 Å². The first-order valence-corrected chi connectivity index (χ1v) is 5.59. The molecule has 84 valence electrons. The summed E-state index contributed by atoms with van der Waals surface area (Å²) in [6.45, 7) is 5.63. The zero-order chi connectivity index (χ0) is 9.97. The van der Waals surface area contributed by atoms with Crippen LogP contribution in [0, 0.1) is 5.92 Å². The summed E-state index contributed by atoms with van der Waals surface area (Å²) in [6.07, 6.45) is 2.83. The van der Waals surface area contributed by atoms with Crippen molar-refractivity contribution in [3.8, 4) is 0 Å². The van der Waals surface area contributed by atoms with E-state index in [0.717, 1.165) is 12.5 Å². The third-order valence-corrected chi connectivity index (χ3v) is 2.85. The van der Waals surface area contributed by atoms with Crippen LogP contribution in [0.3, 0.4) is 0 Å². The lowest BCUT2D eigenvalue weighted by Gasteiger charge is -2.09. The molecule has 1 saturated carbocycles. The van der Waals surface area contributed by atoms with Crippen LogP contribution in [0.15, 0.2) is 24.3 Å². The zero-order valence-corrected chi connectivity index (χ0v) is 10.3. The summed E-state index contributed by atoms with van der Waals surface area (Å²) in [5.74, 6) is 1.57. The van der Waals surface area contributed by atoms with E-state index >= 15 is 0 Å². The van der Waals surface area contributed by atoms with E-state index in [9.17, 15) is 0 Å². The van der Waals surface area contributed by atoms with Gasteiger partial charge in [0.25, 0.3) is 0 Å². The molecule has 1 N–H and O–H groups in total. The highest BCUT2D eigenvalue weighted by molar-refractivity contribution is 5.85. The van der Waals surface area contributed by atoms with Crippen molar-refractivity contribution < 1.29 is 0 Å². The monoisotopic (exact) mass is 225 g/mol. The summed E-state index contributed by atoms with van der Waals surface area (Å²) >= 11 is 0. The summed E-state index contributed by atoms with van der Waals surface area (Å²) in [7, 11) is 0. The highest BCUT2D eigenvalue weighted by atomic mass is 35.5. The molecule has 0 heterocycles. The van der Waals surface area contributed by atoms with E-state index in [0.29, 0.717) is 5.92 Å². The van der Waals surface area contributed by atoms with Gasteiger partial charge in [-0.05, 0) is 42.4 Å². The highest BCUT2D eigenvalue weighted by Gasteiger charge is 2.20. The molecule has 0 radical (unpaired) electrons. The summed E-state index contributed by atoms with van der Waals surface area (Å²) in [5, 5.41) is 3.50. The number of nitrogens with one attached hydrogen (secondary N) is 1. The Balaban J connectivity index is 0.00000112. The van der Waals surface area contributed by atoms with Crippen LogP contribution in [0.4, 0.5) is 5.69 Å². The van der Waals surface area contributed by atoms with Crippen molar-refractivity contribution in [3.63, 3.8) is 0 Å². The van der Waals surface area contributed by atoms with E-state index in [-0.39, 0.29) is 12.4 Å². The van der Waals surface area contributed by atoms with Crippen molar-refractivity contribution in [1.29, 1.82) is 0 Å². The fourth-order valence-electron chi connectivity index (χ4n) is 1.59.